The predicted molar refractivity (Wildman–Crippen MR) is 174 cm³/mol. The molecule has 48 heavy (non-hydrogen) atoms. The number of carbonyl (C=O) groups is 2. The number of halogens is 2. The Kier molecular flexibility index (Phi) is 8.45. The molecule has 3 heterocycles. The minimum absolute atomic E-state index is 0.00856. The number of hydrazine groups is 2. The van der Waals surface area contributed by atoms with Gasteiger partial charge in [0.05, 0.1) is 11.1 Å². The monoisotopic (exact) mass is 674 g/mol. The third kappa shape index (κ3) is 6.17. The summed E-state index contributed by atoms with van der Waals surface area (Å²) in [5.41, 5.74) is 7.16. The molecule has 0 aromatic heterocycles. The number of carbonyl (C=O) groups excluding carboxylic acids is 2. The van der Waals surface area contributed by atoms with Crippen molar-refractivity contribution in [2.45, 2.75) is 9.79 Å². The molecule has 0 spiro atoms. The van der Waals surface area contributed by atoms with Gasteiger partial charge in [0.25, 0.3) is 11.8 Å². The number of anilines is 2. The number of amides is 2. The number of hydrogen-bond donors (Lipinski definition) is 2. The van der Waals surface area contributed by atoms with E-state index in [1.54, 1.807) is 46.4 Å². The van der Waals surface area contributed by atoms with Crippen LogP contribution in [0.1, 0.15) is 20.7 Å². The fourth-order valence-corrected chi connectivity index (χ4v) is 8.04. The zero-order valence-electron chi connectivity index (χ0n) is 25.7. The Morgan fingerprint density at radius 2 is 0.938 bits per heavy atom. The van der Waals surface area contributed by atoms with E-state index in [1.165, 1.54) is 48.5 Å². The van der Waals surface area contributed by atoms with Crippen LogP contribution in [0.3, 0.4) is 0 Å². The maximum Gasteiger partial charge on any atom is 0.267 e. The van der Waals surface area contributed by atoms with Gasteiger partial charge in [0, 0.05) is 63.7 Å². The van der Waals surface area contributed by atoms with Crippen molar-refractivity contribution in [1.29, 1.82) is 0 Å². The summed E-state index contributed by atoms with van der Waals surface area (Å²) in [6.07, 6.45) is 0. The highest BCUT2D eigenvalue weighted by Gasteiger charge is 2.39. The Labute approximate surface area is 276 Å². The lowest BCUT2D eigenvalue weighted by Crippen LogP contribution is -2.54. The Morgan fingerprint density at radius 3 is 1.31 bits per heavy atom. The van der Waals surface area contributed by atoms with Crippen molar-refractivity contribution >= 4 is 33.0 Å². The van der Waals surface area contributed by atoms with Crippen LogP contribution in [0.5, 0.6) is 11.5 Å². The summed E-state index contributed by atoms with van der Waals surface area (Å²) in [7, 11) is -4.39. The van der Waals surface area contributed by atoms with Crippen LogP contribution in [-0.2, 0) is 9.84 Å². The second-order valence-corrected chi connectivity index (χ2v) is 13.5. The van der Waals surface area contributed by atoms with Gasteiger partial charge in [0.1, 0.15) is 32.9 Å². The lowest BCUT2D eigenvalue weighted by Gasteiger charge is -2.36. The SMILES string of the molecule is O=C(NN1CCN(c2ccc(F)cc2)CC1)c1cccc2c1S(=O)(=O)c1c(cccc1C(=O)NN1CCN(c3ccc(F)cc3)CC1)O2. The van der Waals surface area contributed by atoms with Crippen LogP contribution in [0.4, 0.5) is 20.2 Å². The number of piperazine rings is 2. The second kappa shape index (κ2) is 12.9. The van der Waals surface area contributed by atoms with E-state index in [-0.39, 0.29) is 44.1 Å². The Bertz CT molecular complexity index is 1830. The molecule has 0 radical (unpaired) electrons. The van der Waals surface area contributed by atoms with E-state index < -0.39 is 21.7 Å². The summed E-state index contributed by atoms with van der Waals surface area (Å²) in [5.74, 6) is -1.90. The smallest absolute Gasteiger partial charge is 0.267 e. The first-order valence-electron chi connectivity index (χ1n) is 15.5. The first-order chi connectivity index (χ1) is 23.2. The summed E-state index contributed by atoms with van der Waals surface area (Å²) < 4.78 is 61.2. The fourth-order valence-electron chi connectivity index (χ4n) is 6.19. The van der Waals surface area contributed by atoms with E-state index in [4.69, 9.17) is 4.74 Å². The first kappa shape index (κ1) is 31.5. The van der Waals surface area contributed by atoms with Crippen molar-refractivity contribution in [2.24, 2.45) is 0 Å². The van der Waals surface area contributed by atoms with E-state index in [0.717, 1.165) is 11.4 Å². The summed E-state index contributed by atoms with van der Waals surface area (Å²) >= 11 is 0. The molecule has 0 atom stereocenters. The van der Waals surface area contributed by atoms with Crippen LogP contribution in [0.15, 0.2) is 94.7 Å². The number of ether oxygens (including phenoxy) is 1. The zero-order valence-corrected chi connectivity index (χ0v) is 26.6. The van der Waals surface area contributed by atoms with Gasteiger partial charge in [-0.3, -0.25) is 20.4 Å². The molecule has 2 fully saturated rings. The van der Waals surface area contributed by atoms with Gasteiger partial charge in [-0.05, 0) is 72.8 Å². The lowest BCUT2D eigenvalue weighted by molar-refractivity contribution is 0.0768. The Morgan fingerprint density at radius 1 is 0.562 bits per heavy atom. The number of rotatable bonds is 6. The molecule has 2 amide bonds. The molecule has 3 aliphatic rings. The van der Waals surface area contributed by atoms with Gasteiger partial charge in [-0.15, -0.1) is 0 Å². The van der Waals surface area contributed by atoms with Crippen molar-refractivity contribution in [3.8, 4) is 11.5 Å². The predicted octanol–water partition coefficient (Wildman–Crippen LogP) is 3.84. The third-order valence-corrected chi connectivity index (χ3v) is 10.6. The Balaban J connectivity index is 1.06. The molecule has 2 saturated heterocycles. The minimum atomic E-state index is -4.39. The van der Waals surface area contributed by atoms with Crippen molar-refractivity contribution in [3.05, 3.63) is 108 Å². The molecule has 11 nitrogen and oxygen atoms in total. The van der Waals surface area contributed by atoms with Gasteiger partial charge in [-0.2, -0.15) is 0 Å². The van der Waals surface area contributed by atoms with Crippen LogP contribution in [0, 0.1) is 11.6 Å². The largest absolute Gasteiger partial charge is 0.455 e. The van der Waals surface area contributed by atoms with Gasteiger partial charge in [0.2, 0.25) is 9.84 Å². The van der Waals surface area contributed by atoms with Gasteiger partial charge in [0.15, 0.2) is 0 Å². The van der Waals surface area contributed by atoms with Crippen LogP contribution >= 0.6 is 0 Å². The van der Waals surface area contributed by atoms with Crippen molar-refractivity contribution in [1.82, 2.24) is 20.9 Å². The molecule has 4 aromatic carbocycles. The lowest BCUT2D eigenvalue weighted by atomic mass is 10.1. The van der Waals surface area contributed by atoms with Crippen LogP contribution < -0.4 is 25.4 Å². The highest BCUT2D eigenvalue weighted by Crippen LogP contribution is 2.45. The summed E-state index contributed by atoms with van der Waals surface area (Å²) in [6, 6.07) is 21.3. The van der Waals surface area contributed by atoms with Gasteiger partial charge in [-0.25, -0.2) is 27.2 Å². The molecule has 0 unspecified atom stereocenters. The van der Waals surface area contributed by atoms with Gasteiger partial charge >= 0.3 is 0 Å². The molecule has 2 N–H and O–H groups in total. The highest BCUT2D eigenvalue weighted by atomic mass is 32.2. The number of nitrogens with one attached hydrogen (secondary N) is 2. The van der Waals surface area contributed by atoms with Crippen LogP contribution in [-0.4, -0.2) is 82.6 Å². The molecule has 0 saturated carbocycles. The first-order valence-corrected chi connectivity index (χ1v) is 17.0. The molecular formula is C34H32F2N6O5S. The summed E-state index contributed by atoms with van der Waals surface area (Å²) in [4.78, 5) is 30.6. The van der Waals surface area contributed by atoms with E-state index in [0.29, 0.717) is 52.4 Å². The fraction of sp³-hybridized carbons (Fsp3) is 0.235. The topological polar surface area (TPSA) is 115 Å². The van der Waals surface area contributed by atoms with E-state index in [9.17, 15) is 26.8 Å². The number of nitrogens with zero attached hydrogens (tertiary/aromatic N) is 4. The van der Waals surface area contributed by atoms with E-state index in [1.807, 2.05) is 0 Å². The van der Waals surface area contributed by atoms with E-state index >= 15 is 0 Å². The van der Waals surface area contributed by atoms with Crippen LogP contribution in [0.25, 0.3) is 0 Å². The average Bonchev–Trinajstić information content (AvgIpc) is 3.09. The molecule has 3 aliphatic heterocycles. The number of benzene rings is 4. The normalized spacial score (nSPS) is 17.5. The minimum Gasteiger partial charge on any atom is -0.455 e. The quantitative estimate of drug-likeness (QED) is 0.278. The molecular weight excluding hydrogens is 642 g/mol. The standard InChI is InChI=1S/C34H32F2N6O5S/c35-23-7-11-25(12-8-23)39-15-19-41(20-16-39)37-33(43)27-3-1-5-29-31(27)48(45,46)32-28(4-2-6-30(32)47-29)34(44)38-42-21-17-40(18-22-42)26-13-9-24(36)10-14-26/h1-14H,15-22H2,(H,37,43)(H,38,44). The maximum atomic E-state index is 14.2. The molecule has 4 aromatic rings. The molecule has 14 heteroatoms. The summed E-state index contributed by atoms with van der Waals surface area (Å²) in [5, 5.41) is 3.42. The van der Waals surface area contributed by atoms with Crippen molar-refractivity contribution in [2.75, 3.05) is 62.2 Å². The van der Waals surface area contributed by atoms with Crippen molar-refractivity contribution < 1.29 is 31.5 Å². The highest BCUT2D eigenvalue weighted by molar-refractivity contribution is 7.92. The summed E-state index contributed by atoms with van der Waals surface area (Å²) in [6.45, 7) is 4.06. The number of hydrogen-bond acceptors (Lipinski definition) is 9. The second-order valence-electron chi connectivity index (χ2n) is 11.7. The van der Waals surface area contributed by atoms with Crippen molar-refractivity contribution in [3.63, 3.8) is 0 Å². The third-order valence-electron chi connectivity index (χ3n) is 8.67. The maximum absolute atomic E-state index is 14.2. The molecule has 7 rings (SSSR count). The zero-order chi connectivity index (χ0) is 33.4. The van der Waals surface area contributed by atoms with Crippen LogP contribution in [0.2, 0.25) is 0 Å². The molecule has 0 bridgehead atoms. The average molecular weight is 675 g/mol. The number of sulfone groups is 1. The molecule has 248 valence electrons. The van der Waals surface area contributed by atoms with E-state index in [2.05, 4.69) is 20.7 Å². The molecule has 0 aliphatic carbocycles. The number of fused-ring (bicyclic) bond motifs is 2. The van der Waals surface area contributed by atoms with Gasteiger partial charge < -0.3 is 14.5 Å². The Hall–Kier alpha value is -5.05. The van der Waals surface area contributed by atoms with Gasteiger partial charge in [-0.1, -0.05) is 12.1 Å².